The van der Waals surface area contributed by atoms with Crippen molar-refractivity contribution in [3.63, 3.8) is 0 Å². The standard InChI is InChI=1S/C20H29N5OS.HI/c1-4-21-20(23-13-19-22-12-15(2)27-19)24-16-8-7-11-25(14-16)17-9-5-6-10-18(17)26-3;/h5-6,9-10,12,16H,4,7-8,11,13-14H2,1-3H3,(H2,21,23,24);1H. The third kappa shape index (κ3) is 6.23. The number of thiazole rings is 1. The largest absolute Gasteiger partial charge is 0.495 e. The fourth-order valence-corrected chi connectivity index (χ4v) is 4.05. The lowest BCUT2D eigenvalue weighted by Gasteiger charge is -2.36. The van der Waals surface area contributed by atoms with Gasteiger partial charge in [0, 0.05) is 36.8 Å². The maximum absolute atomic E-state index is 5.54. The summed E-state index contributed by atoms with van der Waals surface area (Å²) < 4.78 is 5.54. The molecule has 1 aliphatic heterocycles. The minimum atomic E-state index is 0. The van der Waals surface area contributed by atoms with Crippen molar-refractivity contribution in [2.24, 2.45) is 4.99 Å². The highest BCUT2D eigenvalue weighted by molar-refractivity contribution is 14.0. The third-order valence-corrected chi connectivity index (χ3v) is 5.47. The number of anilines is 1. The van der Waals surface area contributed by atoms with E-state index >= 15 is 0 Å². The average Bonchev–Trinajstić information content (AvgIpc) is 3.12. The highest BCUT2D eigenvalue weighted by Gasteiger charge is 2.22. The van der Waals surface area contributed by atoms with Crippen molar-refractivity contribution in [2.75, 3.05) is 31.6 Å². The number of aromatic nitrogens is 1. The van der Waals surface area contributed by atoms with E-state index in [1.165, 1.54) is 4.88 Å². The van der Waals surface area contributed by atoms with Gasteiger partial charge in [-0.15, -0.1) is 35.3 Å². The first-order chi connectivity index (χ1) is 13.2. The molecule has 0 saturated carbocycles. The van der Waals surface area contributed by atoms with Crippen molar-refractivity contribution in [3.05, 3.63) is 40.3 Å². The molecule has 1 fully saturated rings. The molecule has 28 heavy (non-hydrogen) atoms. The second-order valence-electron chi connectivity index (χ2n) is 6.66. The second-order valence-corrected chi connectivity index (χ2v) is 7.98. The summed E-state index contributed by atoms with van der Waals surface area (Å²) in [6.07, 6.45) is 4.18. The fraction of sp³-hybridized carbons (Fsp3) is 0.500. The van der Waals surface area contributed by atoms with Crippen LogP contribution in [0.3, 0.4) is 0 Å². The lowest BCUT2D eigenvalue weighted by Crippen LogP contribution is -2.51. The molecule has 1 saturated heterocycles. The molecule has 6 nitrogen and oxygen atoms in total. The average molecular weight is 515 g/mol. The van der Waals surface area contributed by atoms with E-state index in [-0.39, 0.29) is 24.0 Å². The highest BCUT2D eigenvalue weighted by Crippen LogP contribution is 2.29. The van der Waals surface area contributed by atoms with Crippen LogP contribution in [0.5, 0.6) is 5.75 Å². The number of para-hydroxylation sites is 2. The van der Waals surface area contributed by atoms with Crippen molar-refractivity contribution in [2.45, 2.75) is 39.3 Å². The van der Waals surface area contributed by atoms with E-state index in [0.717, 1.165) is 54.9 Å². The van der Waals surface area contributed by atoms with Gasteiger partial charge < -0.3 is 20.3 Å². The monoisotopic (exact) mass is 515 g/mol. The molecule has 2 N–H and O–H groups in total. The first kappa shape index (κ1) is 22.7. The zero-order valence-electron chi connectivity index (χ0n) is 16.8. The Labute approximate surface area is 188 Å². The number of aliphatic imine (C=N–C) groups is 1. The van der Waals surface area contributed by atoms with Crippen LogP contribution in [0.4, 0.5) is 5.69 Å². The molecule has 1 atom stereocenters. The first-order valence-corrected chi connectivity index (χ1v) is 10.4. The molecule has 0 bridgehead atoms. The van der Waals surface area contributed by atoms with Crippen LogP contribution in [0.15, 0.2) is 35.5 Å². The molecule has 0 radical (unpaired) electrons. The molecule has 3 rings (SSSR count). The van der Waals surface area contributed by atoms with Gasteiger partial charge in [0.25, 0.3) is 0 Å². The number of ether oxygens (including phenoxy) is 1. The first-order valence-electron chi connectivity index (χ1n) is 9.53. The molecule has 2 heterocycles. The van der Waals surface area contributed by atoms with Gasteiger partial charge in [-0.05, 0) is 38.8 Å². The van der Waals surface area contributed by atoms with E-state index in [9.17, 15) is 0 Å². The normalized spacial score (nSPS) is 17.0. The predicted molar refractivity (Wildman–Crippen MR) is 128 cm³/mol. The van der Waals surface area contributed by atoms with Gasteiger partial charge in [-0.2, -0.15) is 0 Å². The number of aryl methyl sites for hydroxylation is 1. The lowest BCUT2D eigenvalue weighted by atomic mass is 10.0. The topological polar surface area (TPSA) is 61.8 Å². The lowest BCUT2D eigenvalue weighted by molar-refractivity contribution is 0.408. The fourth-order valence-electron chi connectivity index (χ4n) is 3.34. The summed E-state index contributed by atoms with van der Waals surface area (Å²) in [6, 6.07) is 8.58. The molecule has 0 amide bonds. The summed E-state index contributed by atoms with van der Waals surface area (Å²) in [7, 11) is 1.73. The summed E-state index contributed by atoms with van der Waals surface area (Å²) >= 11 is 1.70. The van der Waals surface area contributed by atoms with Crippen LogP contribution in [0, 0.1) is 6.92 Å². The van der Waals surface area contributed by atoms with Gasteiger partial charge in [0.1, 0.15) is 10.8 Å². The molecule has 1 aromatic heterocycles. The molecule has 0 spiro atoms. The van der Waals surface area contributed by atoms with Crippen molar-refractivity contribution in [1.82, 2.24) is 15.6 Å². The smallest absolute Gasteiger partial charge is 0.191 e. The number of piperidine rings is 1. The SMILES string of the molecule is CCNC(=NCc1ncc(C)s1)NC1CCCN(c2ccccc2OC)C1.I. The Bertz CT molecular complexity index is 767. The van der Waals surface area contributed by atoms with Crippen LogP contribution in [0.2, 0.25) is 0 Å². The molecule has 8 heteroatoms. The van der Waals surface area contributed by atoms with Crippen molar-refractivity contribution in [3.8, 4) is 5.75 Å². The maximum atomic E-state index is 5.54. The number of rotatable bonds is 6. The minimum Gasteiger partial charge on any atom is -0.495 e. The van der Waals surface area contributed by atoms with Crippen LogP contribution in [-0.4, -0.2) is 43.7 Å². The van der Waals surface area contributed by atoms with E-state index in [2.05, 4.69) is 46.5 Å². The van der Waals surface area contributed by atoms with Crippen LogP contribution in [-0.2, 0) is 6.54 Å². The van der Waals surface area contributed by atoms with Crippen molar-refractivity contribution < 1.29 is 4.74 Å². The van der Waals surface area contributed by atoms with Gasteiger partial charge in [-0.1, -0.05) is 12.1 Å². The Morgan fingerprint density at radius 3 is 2.93 bits per heavy atom. The summed E-state index contributed by atoms with van der Waals surface area (Å²) in [5, 5.41) is 8.01. The summed E-state index contributed by atoms with van der Waals surface area (Å²) in [4.78, 5) is 12.7. The van der Waals surface area contributed by atoms with Gasteiger partial charge >= 0.3 is 0 Å². The zero-order chi connectivity index (χ0) is 19.1. The van der Waals surface area contributed by atoms with Crippen LogP contribution in [0.1, 0.15) is 29.7 Å². The van der Waals surface area contributed by atoms with E-state index in [1.807, 2.05) is 18.3 Å². The number of nitrogens with zero attached hydrogens (tertiary/aromatic N) is 3. The molecule has 0 aliphatic carbocycles. The van der Waals surface area contributed by atoms with E-state index < -0.39 is 0 Å². The number of hydrogen-bond donors (Lipinski definition) is 2. The number of halogens is 1. The van der Waals surface area contributed by atoms with E-state index in [0.29, 0.717) is 12.6 Å². The van der Waals surface area contributed by atoms with Gasteiger partial charge in [0.2, 0.25) is 0 Å². The van der Waals surface area contributed by atoms with Crippen LogP contribution >= 0.6 is 35.3 Å². The number of hydrogen-bond acceptors (Lipinski definition) is 5. The molecular formula is C20H30IN5OS. The molecule has 1 aromatic carbocycles. The van der Waals surface area contributed by atoms with Crippen molar-refractivity contribution in [1.29, 1.82) is 0 Å². The number of nitrogens with one attached hydrogen (secondary N) is 2. The predicted octanol–water partition coefficient (Wildman–Crippen LogP) is 3.80. The Morgan fingerprint density at radius 1 is 1.39 bits per heavy atom. The highest BCUT2D eigenvalue weighted by atomic mass is 127. The Hall–Kier alpha value is -1.55. The van der Waals surface area contributed by atoms with Gasteiger partial charge in [0.15, 0.2) is 5.96 Å². The minimum absolute atomic E-state index is 0. The molecule has 1 aliphatic rings. The molecule has 154 valence electrons. The molecular weight excluding hydrogens is 485 g/mol. The molecule has 1 unspecified atom stereocenters. The van der Waals surface area contributed by atoms with Gasteiger partial charge in [-0.3, -0.25) is 0 Å². The van der Waals surface area contributed by atoms with Crippen molar-refractivity contribution >= 4 is 47.0 Å². The maximum Gasteiger partial charge on any atom is 0.191 e. The van der Waals surface area contributed by atoms with Crippen LogP contribution in [0.25, 0.3) is 0 Å². The number of benzene rings is 1. The Balaban J connectivity index is 0.00000280. The Morgan fingerprint density at radius 2 is 2.21 bits per heavy atom. The summed E-state index contributed by atoms with van der Waals surface area (Å²) in [5.74, 6) is 1.79. The number of guanidine groups is 1. The zero-order valence-corrected chi connectivity index (χ0v) is 19.9. The quantitative estimate of drug-likeness (QED) is 0.348. The van der Waals surface area contributed by atoms with E-state index in [4.69, 9.17) is 9.73 Å². The summed E-state index contributed by atoms with van der Waals surface area (Å²) in [6.45, 7) is 7.59. The van der Waals surface area contributed by atoms with Gasteiger partial charge in [-0.25, -0.2) is 9.98 Å². The third-order valence-electron chi connectivity index (χ3n) is 4.57. The Kier molecular flexibility index (Phi) is 9.30. The second kappa shape index (κ2) is 11.5. The number of methoxy groups -OCH3 is 1. The molecule has 2 aromatic rings. The summed E-state index contributed by atoms with van der Waals surface area (Å²) in [5.41, 5.74) is 1.16. The van der Waals surface area contributed by atoms with E-state index in [1.54, 1.807) is 18.4 Å². The van der Waals surface area contributed by atoms with Crippen LogP contribution < -0.4 is 20.3 Å². The van der Waals surface area contributed by atoms with Gasteiger partial charge in [0.05, 0.1) is 19.3 Å².